The maximum Gasteiger partial charge on any atom is 0.254 e. The molecule has 4 nitrogen and oxygen atoms in total. The van der Waals surface area contributed by atoms with Gasteiger partial charge in [0.1, 0.15) is 12.0 Å². The lowest BCUT2D eigenvalue weighted by Crippen LogP contribution is -2.31. The van der Waals surface area contributed by atoms with Gasteiger partial charge >= 0.3 is 0 Å². The van der Waals surface area contributed by atoms with Gasteiger partial charge in [-0.05, 0) is 19.9 Å². The number of carbonyl (C=O) groups is 1. The maximum atomic E-state index is 11.5. The van der Waals surface area contributed by atoms with Crippen molar-refractivity contribution < 1.29 is 9.21 Å². The molecule has 1 N–H and O–H groups in total. The van der Waals surface area contributed by atoms with Crippen LogP contribution < -0.4 is 5.32 Å². The maximum absolute atomic E-state index is 11.5. The minimum atomic E-state index is -0.204. The van der Waals surface area contributed by atoms with E-state index in [9.17, 15) is 4.79 Å². The van der Waals surface area contributed by atoms with Crippen molar-refractivity contribution in [1.82, 2.24) is 5.32 Å². The van der Waals surface area contributed by atoms with E-state index >= 15 is 0 Å². The van der Waals surface area contributed by atoms with Crippen LogP contribution in [-0.2, 0) is 0 Å². The van der Waals surface area contributed by atoms with Crippen molar-refractivity contribution in [3.8, 4) is 6.07 Å². The highest BCUT2D eigenvalue weighted by atomic mass is 16.3. The summed E-state index contributed by atoms with van der Waals surface area (Å²) >= 11 is 0. The lowest BCUT2D eigenvalue weighted by molar-refractivity contribution is 0.0940. The number of carbonyl (C=O) groups excluding carboxylic acids is 1. The van der Waals surface area contributed by atoms with E-state index in [1.165, 1.54) is 6.26 Å². The predicted molar refractivity (Wildman–Crippen MR) is 50.6 cm³/mol. The molecule has 1 heterocycles. The Hall–Kier alpha value is -1.76. The number of rotatable bonds is 3. The lowest BCUT2D eigenvalue weighted by Gasteiger charge is -2.08. The van der Waals surface area contributed by atoms with Crippen LogP contribution in [0, 0.1) is 18.3 Å². The second-order valence-corrected chi connectivity index (χ2v) is 3.18. The summed E-state index contributed by atoms with van der Waals surface area (Å²) in [6, 6.07) is 3.52. The van der Waals surface area contributed by atoms with E-state index in [2.05, 4.69) is 5.32 Å². The Bertz CT molecular complexity index is 362. The molecule has 1 aromatic heterocycles. The Balaban J connectivity index is 2.55. The Morgan fingerprint density at radius 3 is 3.00 bits per heavy atom. The molecule has 1 rings (SSSR count). The first-order chi connectivity index (χ1) is 6.63. The Labute approximate surface area is 82.5 Å². The molecule has 0 saturated heterocycles. The van der Waals surface area contributed by atoms with Gasteiger partial charge in [-0.15, -0.1) is 0 Å². The van der Waals surface area contributed by atoms with Crippen molar-refractivity contribution in [2.75, 3.05) is 0 Å². The third-order valence-electron chi connectivity index (χ3n) is 1.77. The van der Waals surface area contributed by atoms with Crippen molar-refractivity contribution in [3.63, 3.8) is 0 Å². The van der Waals surface area contributed by atoms with Crippen LogP contribution in [0.15, 0.2) is 16.7 Å². The van der Waals surface area contributed by atoms with Gasteiger partial charge in [0.15, 0.2) is 0 Å². The van der Waals surface area contributed by atoms with Gasteiger partial charge in [0.2, 0.25) is 0 Å². The van der Waals surface area contributed by atoms with E-state index in [0.717, 1.165) is 0 Å². The molecule has 4 heteroatoms. The van der Waals surface area contributed by atoms with Crippen molar-refractivity contribution in [2.45, 2.75) is 26.3 Å². The smallest absolute Gasteiger partial charge is 0.254 e. The molecular formula is C10H12N2O2. The van der Waals surface area contributed by atoms with E-state index in [1.54, 1.807) is 19.9 Å². The molecule has 0 aromatic carbocycles. The summed E-state index contributed by atoms with van der Waals surface area (Å²) in [6.45, 7) is 3.56. The fourth-order valence-corrected chi connectivity index (χ4v) is 1.06. The quantitative estimate of drug-likeness (QED) is 0.791. The molecule has 14 heavy (non-hydrogen) atoms. The van der Waals surface area contributed by atoms with Gasteiger partial charge in [0, 0.05) is 6.04 Å². The lowest BCUT2D eigenvalue weighted by atomic mass is 10.2. The molecule has 0 radical (unpaired) electrons. The van der Waals surface area contributed by atoms with Crippen LogP contribution in [-0.4, -0.2) is 11.9 Å². The van der Waals surface area contributed by atoms with Gasteiger partial charge in [-0.3, -0.25) is 4.79 Å². The summed E-state index contributed by atoms with van der Waals surface area (Å²) in [5.41, 5.74) is 0.493. The number of nitrogens with zero attached hydrogens (tertiary/aromatic N) is 1. The summed E-state index contributed by atoms with van der Waals surface area (Å²) in [5, 5.41) is 11.1. The van der Waals surface area contributed by atoms with Crippen LogP contribution in [0.3, 0.4) is 0 Å². The van der Waals surface area contributed by atoms with Crippen LogP contribution in [0.25, 0.3) is 0 Å². The zero-order chi connectivity index (χ0) is 10.6. The summed E-state index contributed by atoms with van der Waals surface area (Å²) in [4.78, 5) is 11.5. The molecular weight excluding hydrogens is 180 g/mol. The summed E-state index contributed by atoms with van der Waals surface area (Å²) in [6.07, 6.45) is 1.71. The summed E-state index contributed by atoms with van der Waals surface area (Å²) in [5.74, 6) is 0.493. The average molecular weight is 192 g/mol. The fourth-order valence-electron chi connectivity index (χ4n) is 1.06. The van der Waals surface area contributed by atoms with E-state index in [0.29, 0.717) is 17.7 Å². The number of hydrogen-bond donors (Lipinski definition) is 1. The number of hydrogen-bond acceptors (Lipinski definition) is 3. The minimum absolute atomic E-state index is 0.136. The highest BCUT2D eigenvalue weighted by Crippen LogP contribution is 2.06. The van der Waals surface area contributed by atoms with Gasteiger partial charge in [-0.2, -0.15) is 5.26 Å². The topological polar surface area (TPSA) is 66.0 Å². The van der Waals surface area contributed by atoms with Crippen molar-refractivity contribution in [1.29, 1.82) is 5.26 Å². The highest BCUT2D eigenvalue weighted by molar-refractivity contribution is 5.94. The standard InChI is InChI=1S/C10H12N2O2/c1-7(3-4-11)12-10(13)9-5-8(2)14-6-9/h5-7H,3H2,1-2H3,(H,12,13). The zero-order valence-corrected chi connectivity index (χ0v) is 8.20. The van der Waals surface area contributed by atoms with Crippen molar-refractivity contribution >= 4 is 5.91 Å². The van der Waals surface area contributed by atoms with Gasteiger partial charge in [0.25, 0.3) is 5.91 Å². The van der Waals surface area contributed by atoms with Gasteiger partial charge in [-0.25, -0.2) is 0 Å². The first-order valence-corrected chi connectivity index (χ1v) is 4.36. The largest absolute Gasteiger partial charge is 0.469 e. The molecule has 0 bridgehead atoms. The third-order valence-corrected chi connectivity index (χ3v) is 1.77. The average Bonchev–Trinajstić information content (AvgIpc) is 2.52. The van der Waals surface area contributed by atoms with Crippen molar-refractivity contribution in [2.24, 2.45) is 0 Å². The number of nitrogens with one attached hydrogen (secondary N) is 1. The Kier molecular flexibility index (Phi) is 3.29. The molecule has 0 aliphatic heterocycles. The zero-order valence-electron chi connectivity index (χ0n) is 8.20. The van der Waals surface area contributed by atoms with E-state index < -0.39 is 0 Å². The second kappa shape index (κ2) is 4.47. The van der Waals surface area contributed by atoms with Crippen LogP contribution in [0.4, 0.5) is 0 Å². The molecule has 0 spiro atoms. The van der Waals surface area contributed by atoms with E-state index in [-0.39, 0.29) is 11.9 Å². The fraction of sp³-hybridized carbons (Fsp3) is 0.400. The van der Waals surface area contributed by atoms with Crippen LogP contribution in [0.5, 0.6) is 0 Å². The molecule has 1 aromatic rings. The van der Waals surface area contributed by atoms with Gasteiger partial charge in [0.05, 0.1) is 18.1 Å². The highest BCUT2D eigenvalue weighted by Gasteiger charge is 2.11. The van der Waals surface area contributed by atoms with Crippen LogP contribution in [0.2, 0.25) is 0 Å². The molecule has 0 fully saturated rings. The third kappa shape index (κ3) is 2.63. The molecule has 0 saturated carbocycles. The minimum Gasteiger partial charge on any atom is -0.469 e. The molecule has 1 atom stereocenters. The van der Waals surface area contributed by atoms with Gasteiger partial charge < -0.3 is 9.73 Å². The molecule has 1 unspecified atom stereocenters. The normalized spacial score (nSPS) is 11.8. The molecule has 0 aliphatic carbocycles. The monoisotopic (exact) mass is 192 g/mol. The number of aryl methyl sites for hydroxylation is 1. The second-order valence-electron chi connectivity index (χ2n) is 3.18. The molecule has 0 aliphatic rings. The van der Waals surface area contributed by atoms with E-state index in [1.807, 2.05) is 6.07 Å². The Morgan fingerprint density at radius 2 is 2.50 bits per heavy atom. The summed E-state index contributed by atoms with van der Waals surface area (Å²) < 4.78 is 5.00. The number of amides is 1. The van der Waals surface area contributed by atoms with E-state index in [4.69, 9.17) is 9.68 Å². The molecule has 74 valence electrons. The first kappa shape index (κ1) is 10.3. The van der Waals surface area contributed by atoms with Gasteiger partial charge in [-0.1, -0.05) is 0 Å². The van der Waals surface area contributed by atoms with Crippen molar-refractivity contribution in [3.05, 3.63) is 23.7 Å². The van der Waals surface area contributed by atoms with Crippen LogP contribution in [0.1, 0.15) is 29.5 Å². The molecule has 1 amide bonds. The van der Waals surface area contributed by atoms with Crippen LogP contribution >= 0.6 is 0 Å². The Morgan fingerprint density at radius 1 is 1.79 bits per heavy atom. The number of nitriles is 1. The predicted octanol–water partition coefficient (Wildman–Crippen LogP) is 1.62. The summed E-state index contributed by atoms with van der Waals surface area (Å²) in [7, 11) is 0. The first-order valence-electron chi connectivity index (χ1n) is 4.36. The number of furan rings is 1. The SMILES string of the molecule is Cc1cc(C(=O)NC(C)CC#N)co1.